The zero-order valence-electron chi connectivity index (χ0n) is 8.62. The van der Waals surface area contributed by atoms with E-state index in [1.54, 1.807) is 0 Å². The number of rotatable bonds is 4. The lowest BCUT2D eigenvalue weighted by atomic mass is 9.80. The first-order valence-corrected chi connectivity index (χ1v) is 6.22. The van der Waals surface area contributed by atoms with Crippen molar-refractivity contribution < 1.29 is 5.11 Å². The van der Waals surface area contributed by atoms with Crippen molar-refractivity contribution in [1.29, 1.82) is 0 Å². The minimum Gasteiger partial charge on any atom is -0.394 e. The van der Waals surface area contributed by atoms with Gasteiger partial charge in [-0.25, -0.2) is 0 Å². The summed E-state index contributed by atoms with van der Waals surface area (Å²) >= 11 is 3.41. The smallest absolute Gasteiger partial charge is 0.0635 e. The summed E-state index contributed by atoms with van der Waals surface area (Å²) in [5, 5.41) is 12.7. The van der Waals surface area contributed by atoms with Crippen molar-refractivity contribution in [2.24, 2.45) is 5.92 Å². The zero-order valence-corrected chi connectivity index (χ0v) is 10.2. The molecule has 0 bridgehead atoms. The van der Waals surface area contributed by atoms with E-state index in [-0.39, 0.29) is 12.6 Å². The van der Waals surface area contributed by atoms with Gasteiger partial charge < -0.3 is 10.4 Å². The number of nitrogens with one attached hydrogen (secondary N) is 1. The van der Waals surface area contributed by atoms with E-state index in [9.17, 15) is 5.11 Å². The van der Waals surface area contributed by atoms with E-state index >= 15 is 0 Å². The third kappa shape index (κ3) is 2.73. The van der Waals surface area contributed by atoms with Gasteiger partial charge in [-0.3, -0.25) is 0 Å². The van der Waals surface area contributed by atoms with Gasteiger partial charge in [0.05, 0.1) is 12.6 Å². The summed E-state index contributed by atoms with van der Waals surface area (Å²) in [5.41, 5.74) is 1.09. The number of hydrogen-bond donors (Lipinski definition) is 2. The van der Waals surface area contributed by atoms with Crippen LogP contribution in [-0.2, 0) is 0 Å². The number of hydrogen-bond acceptors (Lipinski definition) is 2. The monoisotopic (exact) mass is 269 g/mol. The second-order valence-electron chi connectivity index (χ2n) is 4.13. The average molecular weight is 270 g/mol. The molecular weight excluding hydrogens is 254 g/mol. The number of aliphatic hydroxyl groups excluding tert-OH is 1. The minimum absolute atomic E-state index is 0.222. The molecule has 1 unspecified atom stereocenters. The Bertz CT molecular complexity index is 308. The van der Waals surface area contributed by atoms with Crippen LogP contribution in [0.15, 0.2) is 28.7 Å². The van der Waals surface area contributed by atoms with Gasteiger partial charge in [-0.05, 0) is 43.0 Å². The molecule has 2 N–H and O–H groups in total. The predicted octanol–water partition coefficient (Wildman–Crippen LogP) is 3.02. The van der Waals surface area contributed by atoms with Crippen molar-refractivity contribution in [3.63, 3.8) is 0 Å². The summed E-state index contributed by atoms with van der Waals surface area (Å²) in [4.78, 5) is 0. The molecule has 0 amide bonds. The molecule has 1 aromatic carbocycles. The van der Waals surface area contributed by atoms with Crippen LogP contribution in [0.1, 0.15) is 19.3 Å². The minimum atomic E-state index is 0.222. The van der Waals surface area contributed by atoms with E-state index < -0.39 is 0 Å². The highest BCUT2D eigenvalue weighted by atomic mass is 79.9. The maximum Gasteiger partial charge on any atom is 0.0635 e. The van der Waals surface area contributed by atoms with Crippen LogP contribution in [0.2, 0.25) is 0 Å². The highest BCUT2D eigenvalue weighted by Crippen LogP contribution is 2.31. The molecule has 0 spiro atoms. The van der Waals surface area contributed by atoms with E-state index in [1.165, 1.54) is 19.3 Å². The molecule has 1 atom stereocenters. The quantitative estimate of drug-likeness (QED) is 0.881. The Labute approximate surface area is 98.8 Å². The van der Waals surface area contributed by atoms with Crippen LogP contribution in [0, 0.1) is 5.92 Å². The summed E-state index contributed by atoms with van der Waals surface area (Å²) in [6.07, 6.45) is 3.80. The Kier molecular flexibility index (Phi) is 3.65. The lowest BCUT2D eigenvalue weighted by Gasteiger charge is -2.33. The Morgan fingerprint density at radius 1 is 1.33 bits per heavy atom. The molecule has 0 aliphatic heterocycles. The second kappa shape index (κ2) is 4.99. The van der Waals surface area contributed by atoms with Crippen molar-refractivity contribution in [2.75, 3.05) is 11.9 Å². The standard InChI is InChI=1S/C12H16BrNO/c13-10-4-6-11(7-5-10)14-12(8-15)9-2-1-3-9/h4-7,9,12,14-15H,1-3,8H2. The maximum atomic E-state index is 9.31. The topological polar surface area (TPSA) is 32.3 Å². The summed E-state index contributed by atoms with van der Waals surface area (Å²) in [6.45, 7) is 0.223. The molecule has 1 saturated carbocycles. The van der Waals surface area contributed by atoms with Gasteiger partial charge in [0.25, 0.3) is 0 Å². The van der Waals surface area contributed by atoms with Crippen LogP contribution in [-0.4, -0.2) is 17.8 Å². The molecule has 1 fully saturated rings. The van der Waals surface area contributed by atoms with Crippen LogP contribution < -0.4 is 5.32 Å². The first-order valence-electron chi connectivity index (χ1n) is 5.42. The van der Waals surface area contributed by atoms with E-state index in [0.717, 1.165) is 10.2 Å². The first kappa shape index (κ1) is 11.0. The third-order valence-electron chi connectivity index (χ3n) is 3.11. The number of halogens is 1. The van der Waals surface area contributed by atoms with Crippen LogP contribution in [0.4, 0.5) is 5.69 Å². The highest BCUT2D eigenvalue weighted by molar-refractivity contribution is 9.10. The van der Waals surface area contributed by atoms with Crippen LogP contribution >= 0.6 is 15.9 Å². The van der Waals surface area contributed by atoms with Gasteiger partial charge in [0, 0.05) is 10.2 Å². The lowest BCUT2D eigenvalue weighted by Crippen LogP contribution is -2.36. The Morgan fingerprint density at radius 2 is 2.00 bits per heavy atom. The number of benzene rings is 1. The van der Waals surface area contributed by atoms with Gasteiger partial charge in [0.1, 0.15) is 0 Å². The Hall–Kier alpha value is -0.540. The van der Waals surface area contributed by atoms with Gasteiger partial charge in [0.15, 0.2) is 0 Å². The third-order valence-corrected chi connectivity index (χ3v) is 3.64. The average Bonchev–Trinajstić information content (AvgIpc) is 2.17. The van der Waals surface area contributed by atoms with E-state index in [1.807, 2.05) is 24.3 Å². The lowest BCUT2D eigenvalue weighted by molar-refractivity contribution is 0.187. The van der Waals surface area contributed by atoms with Crippen molar-refractivity contribution in [2.45, 2.75) is 25.3 Å². The van der Waals surface area contributed by atoms with Crippen LogP contribution in [0.3, 0.4) is 0 Å². The first-order chi connectivity index (χ1) is 7.29. The maximum absolute atomic E-state index is 9.31. The molecule has 0 aromatic heterocycles. The fourth-order valence-corrected chi connectivity index (χ4v) is 2.18. The van der Waals surface area contributed by atoms with E-state index in [4.69, 9.17) is 0 Å². The van der Waals surface area contributed by atoms with Crippen molar-refractivity contribution in [1.82, 2.24) is 0 Å². The predicted molar refractivity (Wildman–Crippen MR) is 66.0 cm³/mol. The fourth-order valence-electron chi connectivity index (χ4n) is 1.91. The zero-order chi connectivity index (χ0) is 10.7. The Morgan fingerprint density at radius 3 is 2.47 bits per heavy atom. The summed E-state index contributed by atoms with van der Waals surface area (Å²) in [5.74, 6) is 0.652. The van der Waals surface area contributed by atoms with Crippen molar-refractivity contribution >= 4 is 21.6 Å². The van der Waals surface area contributed by atoms with Crippen LogP contribution in [0.25, 0.3) is 0 Å². The largest absolute Gasteiger partial charge is 0.394 e. The molecule has 15 heavy (non-hydrogen) atoms. The molecule has 0 radical (unpaired) electrons. The van der Waals surface area contributed by atoms with E-state index in [0.29, 0.717) is 5.92 Å². The highest BCUT2D eigenvalue weighted by Gasteiger charge is 2.26. The molecule has 3 heteroatoms. The van der Waals surface area contributed by atoms with Crippen LogP contribution in [0.5, 0.6) is 0 Å². The molecule has 1 aliphatic carbocycles. The van der Waals surface area contributed by atoms with Gasteiger partial charge in [0.2, 0.25) is 0 Å². The van der Waals surface area contributed by atoms with E-state index in [2.05, 4.69) is 21.2 Å². The van der Waals surface area contributed by atoms with Gasteiger partial charge in [-0.2, -0.15) is 0 Å². The number of aliphatic hydroxyl groups is 1. The second-order valence-corrected chi connectivity index (χ2v) is 5.05. The molecule has 0 heterocycles. The summed E-state index contributed by atoms with van der Waals surface area (Å²) in [7, 11) is 0. The molecule has 0 saturated heterocycles. The van der Waals surface area contributed by atoms with Gasteiger partial charge in [-0.15, -0.1) is 0 Å². The molecule has 1 aromatic rings. The van der Waals surface area contributed by atoms with Gasteiger partial charge >= 0.3 is 0 Å². The summed E-state index contributed by atoms with van der Waals surface area (Å²) in [6, 6.07) is 8.31. The van der Waals surface area contributed by atoms with Gasteiger partial charge in [-0.1, -0.05) is 22.4 Å². The molecule has 2 rings (SSSR count). The fraction of sp³-hybridized carbons (Fsp3) is 0.500. The SMILES string of the molecule is OCC(Nc1ccc(Br)cc1)C1CCC1. The molecule has 2 nitrogen and oxygen atoms in total. The number of anilines is 1. The Balaban J connectivity index is 1.96. The van der Waals surface area contributed by atoms with Crippen molar-refractivity contribution in [3.05, 3.63) is 28.7 Å². The molecular formula is C12H16BrNO. The summed E-state index contributed by atoms with van der Waals surface area (Å²) < 4.78 is 1.08. The van der Waals surface area contributed by atoms with Crippen molar-refractivity contribution in [3.8, 4) is 0 Å². The molecule has 82 valence electrons. The normalized spacial score (nSPS) is 18.3. The molecule has 1 aliphatic rings.